The standard InChI is InChI=1S/C18H8Cl10O6/c1-31-15(17(29)33-13-9(25)5(21)3(19)6(22)10(13)26)16(32-2)18(30)34-14-11(27)7(23)4(20)8(24)12(14)28/h15-16H,1-2H3/t15-,16-/m1/s1. The van der Waals surface area contributed by atoms with E-state index in [4.69, 9.17) is 135 Å². The molecule has 0 bridgehead atoms. The van der Waals surface area contributed by atoms with Crippen LogP contribution in [0.2, 0.25) is 50.2 Å². The predicted octanol–water partition coefficient (Wildman–Crippen LogP) is 8.76. The van der Waals surface area contributed by atoms with E-state index in [2.05, 4.69) is 0 Å². The van der Waals surface area contributed by atoms with Crippen LogP contribution in [-0.2, 0) is 19.1 Å². The molecule has 0 spiro atoms. The lowest BCUT2D eigenvalue weighted by Crippen LogP contribution is -2.46. The van der Waals surface area contributed by atoms with E-state index in [1.807, 2.05) is 0 Å². The number of ether oxygens (including phenoxy) is 4. The quantitative estimate of drug-likeness (QED) is 0.127. The molecule has 0 N–H and O–H groups in total. The number of carbonyl (C=O) groups excluding carboxylic acids is 2. The van der Waals surface area contributed by atoms with Gasteiger partial charge in [-0.25, -0.2) is 9.59 Å². The summed E-state index contributed by atoms with van der Waals surface area (Å²) in [6.07, 6.45) is -3.43. The minimum absolute atomic E-state index is 0.159. The second-order valence-corrected chi connectivity index (χ2v) is 9.73. The molecule has 0 heterocycles. The molecule has 0 saturated carbocycles. The van der Waals surface area contributed by atoms with Gasteiger partial charge in [0.05, 0.1) is 30.1 Å². The zero-order chi connectivity index (χ0) is 26.1. The molecular formula is C18H8Cl10O6. The van der Waals surface area contributed by atoms with Gasteiger partial charge in [0, 0.05) is 14.2 Å². The maximum Gasteiger partial charge on any atom is 0.344 e. The van der Waals surface area contributed by atoms with E-state index in [9.17, 15) is 9.59 Å². The van der Waals surface area contributed by atoms with Crippen molar-refractivity contribution in [2.45, 2.75) is 12.2 Å². The van der Waals surface area contributed by atoms with E-state index in [0.717, 1.165) is 14.2 Å². The number of methoxy groups -OCH3 is 2. The number of hydrogen-bond acceptors (Lipinski definition) is 6. The number of benzene rings is 2. The Labute approximate surface area is 242 Å². The predicted molar refractivity (Wildman–Crippen MR) is 136 cm³/mol. The van der Waals surface area contributed by atoms with Crippen LogP contribution in [0.4, 0.5) is 0 Å². The second-order valence-electron chi connectivity index (χ2n) is 5.95. The van der Waals surface area contributed by atoms with Crippen LogP contribution in [0.25, 0.3) is 0 Å². The molecule has 34 heavy (non-hydrogen) atoms. The lowest BCUT2D eigenvalue weighted by Gasteiger charge is -2.23. The summed E-state index contributed by atoms with van der Waals surface area (Å²) in [5, 5.41) is -2.47. The van der Waals surface area contributed by atoms with Gasteiger partial charge in [-0.05, 0) is 0 Å². The molecular weight excluding hydrogens is 667 g/mol. The number of esters is 2. The molecule has 186 valence electrons. The molecule has 0 unspecified atom stereocenters. The first-order valence-corrected chi connectivity index (χ1v) is 12.1. The average molecular weight is 675 g/mol. The fourth-order valence-corrected chi connectivity index (χ4v) is 4.75. The molecule has 0 aliphatic heterocycles. The number of carbonyl (C=O) groups is 2. The fourth-order valence-electron chi connectivity index (χ4n) is 2.35. The van der Waals surface area contributed by atoms with Gasteiger partial charge in [-0.2, -0.15) is 0 Å². The molecule has 2 aromatic rings. The minimum atomic E-state index is -1.71. The van der Waals surface area contributed by atoms with E-state index < -0.39 is 35.6 Å². The summed E-state index contributed by atoms with van der Waals surface area (Å²) in [6.45, 7) is 0. The molecule has 0 radical (unpaired) electrons. The highest BCUT2D eigenvalue weighted by Crippen LogP contribution is 2.49. The van der Waals surface area contributed by atoms with Gasteiger partial charge >= 0.3 is 11.9 Å². The van der Waals surface area contributed by atoms with Crippen LogP contribution in [0.15, 0.2) is 0 Å². The van der Waals surface area contributed by atoms with Gasteiger partial charge in [-0.15, -0.1) is 0 Å². The maximum atomic E-state index is 12.8. The van der Waals surface area contributed by atoms with Crippen molar-refractivity contribution >= 4 is 128 Å². The molecule has 2 aromatic carbocycles. The first-order valence-electron chi connectivity index (χ1n) is 8.31. The topological polar surface area (TPSA) is 71.1 Å². The van der Waals surface area contributed by atoms with Crippen LogP contribution in [-0.4, -0.2) is 38.4 Å². The number of rotatable bonds is 7. The van der Waals surface area contributed by atoms with Gasteiger partial charge in [0.1, 0.15) is 20.1 Å². The summed E-state index contributed by atoms with van der Waals surface area (Å²) in [6, 6.07) is 0. The van der Waals surface area contributed by atoms with Gasteiger partial charge in [0.25, 0.3) is 0 Å². The first-order chi connectivity index (χ1) is 15.8. The zero-order valence-corrected chi connectivity index (χ0v) is 23.9. The molecule has 0 aliphatic rings. The van der Waals surface area contributed by atoms with E-state index in [0.29, 0.717) is 0 Å². The lowest BCUT2D eigenvalue weighted by molar-refractivity contribution is -0.167. The third-order valence-electron chi connectivity index (χ3n) is 3.99. The van der Waals surface area contributed by atoms with Crippen molar-refractivity contribution in [2.24, 2.45) is 0 Å². The lowest BCUT2D eigenvalue weighted by atomic mass is 10.2. The summed E-state index contributed by atoms with van der Waals surface area (Å²) in [5.41, 5.74) is 0. The SMILES string of the molecule is CO[C@@H](C(=O)Oc1c(Cl)c(Cl)c(Cl)c(Cl)c1Cl)[C@@H](OC)C(=O)Oc1c(Cl)c(Cl)c(Cl)c(Cl)c1Cl. The summed E-state index contributed by atoms with van der Waals surface area (Å²) in [7, 11) is 2.18. The molecule has 6 nitrogen and oxygen atoms in total. The number of hydrogen-bond donors (Lipinski definition) is 0. The highest BCUT2D eigenvalue weighted by Gasteiger charge is 2.39. The van der Waals surface area contributed by atoms with Crippen LogP contribution < -0.4 is 9.47 Å². The molecule has 16 heteroatoms. The fraction of sp³-hybridized carbons (Fsp3) is 0.222. The van der Waals surface area contributed by atoms with Crippen LogP contribution >= 0.6 is 116 Å². The van der Waals surface area contributed by atoms with E-state index in [-0.39, 0.29) is 50.2 Å². The maximum absolute atomic E-state index is 12.8. The zero-order valence-electron chi connectivity index (χ0n) is 16.4. The Morgan fingerprint density at radius 2 is 0.676 bits per heavy atom. The van der Waals surface area contributed by atoms with Crippen molar-refractivity contribution in [1.82, 2.24) is 0 Å². The minimum Gasteiger partial charge on any atom is -0.421 e. The Bertz CT molecular complexity index is 1010. The molecule has 0 fully saturated rings. The molecule has 0 aromatic heterocycles. The van der Waals surface area contributed by atoms with Gasteiger partial charge < -0.3 is 18.9 Å². The third kappa shape index (κ3) is 6.01. The van der Waals surface area contributed by atoms with Crippen molar-refractivity contribution in [2.75, 3.05) is 14.2 Å². The van der Waals surface area contributed by atoms with Crippen LogP contribution in [0.1, 0.15) is 0 Å². The Morgan fingerprint density at radius 3 is 0.882 bits per heavy atom. The third-order valence-corrected chi connectivity index (χ3v) is 8.48. The van der Waals surface area contributed by atoms with Crippen LogP contribution in [0, 0.1) is 0 Å². The van der Waals surface area contributed by atoms with Crippen molar-refractivity contribution in [3.63, 3.8) is 0 Å². The van der Waals surface area contributed by atoms with Crippen molar-refractivity contribution in [3.05, 3.63) is 50.2 Å². The normalized spacial score (nSPS) is 12.9. The monoisotopic (exact) mass is 670 g/mol. The Balaban J connectivity index is 2.38. The summed E-state index contributed by atoms with van der Waals surface area (Å²) in [4.78, 5) is 25.6. The average Bonchev–Trinajstić information content (AvgIpc) is 2.82. The van der Waals surface area contributed by atoms with Gasteiger partial charge in [0.2, 0.25) is 0 Å². The summed E-state index contributed by atoms with van der Waals surface area (Å²) in [5.74, 6) is -3.23. The van der Waals surface area contributed by atoms with Gasteiger partial charge in [0.15, 0.2) is 23.7 Å². The van der Waals surface area contributed by atoms with Crippen LogP contribution in [0.5, 0.6) is 11.5 Å². The second kappa shape index (κ2) is 12.6. The van der Waals surface area contributed by atoms with E-state index >= 15 is 0 Å². The highest BCUT2D eigenvalue weighted by molar-refractivity contribution is 6.56. The Hall–Kier alpha value is 0.200. The van der Waals surface area contributed by atoms with Gasteiger partial charge in [-0.1, -0.05) is 116 Å². The van der Waals surface area contributed by atoms with Crippen molar-refractivity contribution < 1.29 is 28.5 Å². The summed E-state index contributed by atoms with van der Waals surface area (Å²) < 4.78 is 20.5. The first kappa shape index (κ1) is 30.4. The molecule has 2 atom stereocenters. The van der Waals surface area contributed by atoms with E-state index in [1.165, 1.54) is 0 Å². The van der Waals surface area contributed by atoms with Crippen LogP contribution in [0.3, 0.4) is 0 Å². The van der Waals surface area contributed by atoms with E-state index in [1.54, 1.807) is 0 Å². The highest BCUT2D eigenvalue weighted by atomic mass is 35.5. The molecule has 0 aliphatic carbocycles. The largest absolute Gasteiger partial charge is 0.421 e. The summed E-state index contributed by atoms with van der Waals surface area (Å²) >= 11 is 59.9. The Kier molecular flexibility index (Phi) is 11.3. The smallest absolute Gasteiger partial charge is 0.344 e. The van der Waals surface area contributed by atoms with Crippen molar-refractivity contribution in [1.29, 1.82) is 0 Å². The molecule has 0 amide bonds. The van der Waals surface area contributed by atoms with Gasteiger partial charge in [-0.3, -0.25) is 0 Å². The van der Waals surface area contributed by atoms with Crippen molar-refractivity contribution in [3.8, 4) is 11.5 Å². The molecule has 2 rings (SSSR count). The Morgan fingerprint density at radius 1 is 0.471 bits per heavy atom. The number of halogens is 10. The molecule has 0 saturated heterocycles.